The lowest BCUT2D eigenvalue weighted by Crippen LogP contribution is -2.61. The van der Waals surface area contributed by atoms with E-state index in [9.17, 15) is 62.6 Å². The molecule has 31 nitrogen and oxygen atoms in total. The van der Waals surface area contributed by atoms with E-state index in [1.54, 1.807) is 97.1 Å². The number of rotatable bonds is 38. The standard InChI is InChI=1S/C68H84IN17O14/c1-100-44-25-18-39(19-26-44)35-50(83-59(92)43-23-21-42(22-24-43)57(90)41-13-6-3-7-14-41)63(96)84-51(34-38-11-4-2-5-12-38)62(95)79-47(27-29-55(70)88)61(94)85-52(37-56(71)89)64(97)81-48(16-9-31-78-68(75)76)66(99)86-32-10-17-53(86)65(98)80-46(15-8-30-77-67(73)74)60(93)82-49(58(72)91)36-40-20-28-54(87)45(69)33-40/h2-7,11-14,18-26,28,33,46-53,87H,8-10,15-17,27,29-32,34-37H2,1H3,(H2,70,88)(H2,71,89)(H2,72,91)(H,79,95)(H,80,98)(H,81,97)(H,82,93)(H,83,92)(H,84,96)(H,85,94)(H4,73,74,77)(H4,75,76,78)/t46-,47-,48-,49-,50+,51-,52-,53-/m0/s1. The van der Waals surface area contributed by atoms with Crippen molar-refractivity contribution in [3.8, 4) is 11.5 Å². The van der Waals surface area contributed by atoms with Gasteiger partial charge in [-0.3, -0.25) is 68.4 Å². The summed E-state index contributed by atoms with van der Waals surface area (Å²) < 4.78 is 5.78. The highest BCUT2D eigenvalue weighted by atomic mass is 127. The van der Waals surface area contributed by atoms with Crippen LogP contribution in [0.5, 0.6) is 11.5 Å². The van der Waals surface area contributed by atoms with Crippen LogP contribution >= 0.6 is 22.6 Å². The number of phenolic OH excluding ortho intramolecular Hbond substituents is 1. The van der Waals surface area contributed by atoms with Gasteiger partial charge in [-0.15, -0.1) is 0 Å². The molecule has 0 radical (unpaired) electrons. The first-order valence-electron chi connectivity index (χ1n) is 32.0. The summed E-state index contributed by atoms with van der Waals surface area (Å²) >= 11 is 1.89. The third-order valence-corrected chi connectivity index (χ3v) is 17.0. The number of hydrogen-bond acceptors (Lipinski definition) is 16. The van der Waals surface area contributed by atoms with Gasteiger partial charge in [0.1, 0.15) is 59.8 Å². The van der Waals surface area contributed by atoms with Crippen LogP contribution in [0.4, 0.5) is 0 Å². The van der Waals surface area contributed by atoms with Crippen LogP contribution in [-0.2, 0) is 67.2 Å². The van der Waals surface area contributed by atoms with Gasteiger partial charge in [-0.05, 0) is 121 Å². The number of likely N-dealkylation sites (tertiary alicyclic amines) is 1. The summed E-state index contributed by atoms with van der Waals surface area (Å²) in [5.41, 5.74) is 30.4. The van der Waals surface area contributed by atoms with E-state index in [0.717, 1.165) is 0 Å². The number of guanidine groups is 2. The molecule has 1 saturated heterocycles. The molecule has 100 heavy (non-hydrogen) atoms. The van der Waals surface area contributed by atoms with Crippen molar-refractivity contribution in [3.05, 3.63) is 164 Å². The zero-order chi connectivity index (χ0) is 73.0. The van der Waals surface area contributed by atoms with Crippen molar-refractivity contribution in [2.45, 2.75) is 125 Å². The van der Waals surface area contributed by atoms with Gasteiger partial charge < -0.3 is 91.3 Å². The second-order valence-electron chi connectivity index (χ2n) is 23.6. The summed E-state index contributed by atoms with van der Waals surface area (Å²) in [7, 11) is 1.47. The number of primary amides is 3. The zero-order valence-corrected chi connectivity index (χ0v) is 57.0. The number of aromatic hydroxyl groups is 1. The van der Waals surface area contributed by atoms with Gasteiger partial charge in [-0.1, -0.05) is 91.0 Å². The van der Waals surface area contributed by atoms with Crippen molar-refractivity contribution in [2.75, 3.05) is 26.7 Å². The highest BCUT2D eigenvalue weighted by molar-refractivity contribution is 14.1. The lowest BCUT2D eigenvalue weighted by Gasteiger charge is -2.31. The van der Waals surface area contributed by atoms with E-state index in [2.05, 4.69) is 47.9 Å². The van der Waals surface area contributed by atoms with Gasteiger partial charge in [0.05, 0.1) is 17.1 Å². The molecule has 532 valence electrons. The van der Waals surface area contributed by atoms with Gasteiger partial charge in [0.25, 0.3) is 5.91 Å². The van der Waals surface area contributed by atoms with Crippen molar-refractivity contribution in [1.82, 2.24) is 52.8 Å². The van der Waals surface area contributed by atoms with E-state index in [0.29, 0.717) is 37.1 Å². The maximum absolute atomic E-state index is 14.8. The minimum Gasteiger partial charge on any atom is -0.507 e. The zero-order valence-electron chi connectivity index (χ0n) is 54.8. The summed E-state index contributed by atoms with van der Waals surface area (Å²) in [6.07, 6.45) is -2.05. The minimum atomic E-state index is -1.89. The molecule has 5 aromatic rings. The summed E-state index contributed by atoms with van der Waals surface area (Å²) in [5.74, 6) is -10.8. The predicted molar refractivity (Wildman–Crippen MR) is 375 cm³/mol. The number of phenols is 1. The average molecular weight is 1490 g/mol. The highest BCUT2D eigenvalue weighted by Gasteiger charge is 2.41. The van der Waals surface area contributed by atoms with Crippen molar-refractivity contribution < 1.29 is 67.4 Å². The first-order chi connectivity index (χ1) is 47.7. The number of nitrogens with one attached hydrogen (secondary N) is 11. The van der Waals surface area contributed by atoms with Gasteiger partial charge in [-0.25, -0.2) is 0 Å². The molecule has 11 amide bonds. The van der Waals surface area contributed by atoms with Crippen LogP contribution < -0.4 is 81.3 Å². The molecule has 8 atom stereocenters. The minimum absolute atomic E-state index is 0.00712. The number of carbonyl (C=O) groups excluding carboxylic acids is 12. The molecule has 0 saturated carbocycles. The van der Waals surface area contributed by atoms with E-state index in [1.165, 1.54) is 42.3 Å². The molecule has 1 aliphatic rings. The van der Waals surface area contributed by atoms with Crippen molar-refractivity contribution in [3.63, 3.8) is 0 Å². The molecule has 32 heteroatoms. The Kier molecular flexibility index (Phi) is 30.1. The van der Waals surface area contributed by atoms with E-state index in [4.69, 9.17) is 44.2 Å². The van der Waals surface area contributed by atoms with E-state index >= 15 is 0 Å². The monoisotopic (exact) mass is 1490 g/mol. The fraction of sp³-hybridized carbons (Fsp3) is 0.353. The molecule has 6 rings (SSSR count). The Bertz CT molecular complexity index is 3760. The number of hydrogen-bond donors (Lipinski definition) is 17. The number of ketones is 1. The van der Waals surface area contributed by atoms with Crippen molar-refractivity contribution in [1.29, 1.82) is 10.8 Å². The van der Waals surface area contributed by atoms with E-state index < -0.39 is 139 Å². The third kappa shape index (κ3) is 24.7. The van der Waals surface area contributed by atoms with E-state index in [1.807, 2.05) is 22.6 Å². The molecule has 5 aromatic carbocycles. The first-order valence-corrected chi connectivity index (χ1v) is 33.1. The predicted octanol–water partition coefficient (Wildman–Crippen LogP) is -0.885. The van der Waals surface area contributed by atoms with Crippen LogP contribution in [0, 0.1) is 14.4 Å². The SMILES string of the molecule is COc1ccc(C[C@@H](NC(=O)c2ccc(C(=O)c3ccccc3)cc2)C(=O)N[C@@H](Cc2ccccc2)C(=O)N[C@@H](CCC(N)=O)C(=O)N[C@@H](CC(N)=O)C(=O)N[C@@H](CCCNC(=N)N)C(=O)N2CCC[C@H]2C(=O)N[C@@H](CCCNC(=N)N)C(=O)N[C@@H](Cc2ccc(O)c(I)c2)C(N)=O)cc1. The molecule has 1 heterocycles. The number of carbonyl (C=O) groups is 12. The van der Waals surface area contributed by atoms with Crippen LogP contribution in [0.2, 0.25) is 0 Å². The van der Waals surface area contributed by atoms with Crippen LogP contribution in [0.25, 0.3) is 0 Å². The van der Waals surface area contributed by atoms with Crippen LogP contribution in [-0.4, -0.2) is 168 Å². The maximum atomic E-state index is 14.8. The fourth-order valence-corrected chi connectivity index (χ4v) is 11.4. The average Bonchev–Trinajstić information content (AvgIpc) is 1.64. The van der Waals surface area contributed by atoms with E-state index in [-0.39, 0.29) is 100 Å². The highest BCUT2D eigenvalue weighted by Crippen LogP contribution is 2.23. The van der Waals surface area contributed by atoms with Crippen molar-refractivity contribution >= 4 is 105 Å². The second kappa shape index (κ2) is 38.7. The van der Waals surface area contributed by atoms with Crippen LogP contribution in [0.3, 0.4) is 0 Å². The molecular weight excluding hydrogens is 1410 g/mol. The normalized spacial score (nSPS) is 14.5. The Morgan fingerprint density at radius 3 is 1.56 bits per heavy atom. The Balaban J connectivity index is 1.23. The molecule has 0 aliphatic carbocycles. The van der Waals surface area contributed by atoms with Gasteiger partial charge >= 0.3 is 0 Å². The number of methoxy groups -OCH3 is 1. The molecular formula is C68H84IN17O14. The third-order valence-electron chi connectivity index (χ3n) is 16.1. The second-order valence-corrected chi connectivity index (χ2v) is 24.8. The summed E-state index contributed by atoms with van der Waals surface area (Å²) in [6.45, 7) is 0.0678. The number of nitrogens with zero attached hydrogens (tertiary/aromatic N) is 1. The van der Waals surface area contributed by atoms with Crippen molar-refractivity contribution in [2.24, 2.45) is 28.7 Å². The van der Waals surface area contributed by atoms with Gasteiger partial charge in [0.15, 0.2) is 17.7 Å². The topological polar surface area (TPSA) is 524 Å². The Morgan fingerprint density at radius 2 is 1.00 bits per heavy atom. The molecule has 22 N–H and O–H groups in total. The quantitative estimate of drug-likeness (QED) is 0.00750. The lowest BCUT2D eigenvalue weighted by atomic mass is 10.0. The largest absolute Gasteiger partial charge is 0.507 e. The molecule has 0 aromatic heterocycles. The Morgan fingerprint density at radius 1 is 0.530 bits per heavy atom. The number of nitrogens with two attached hydrogens (primary N) is 5. The molecule has 1 aliphatic heterocycles. The summed E-state index contributed by atoms with van der Waals surface area (Å²) in [5, 5.41) is 48.8. The van der Waals surface area contributed by atoms with Gasteiger partial charge in [-0.2, -0.15) is 0 Å². The molecule has 1 fully saturated rings. The van der Waals surface area contributed by atoms with Crippen LogP contribution in [0.1, 0.15) is 101 Å². The number of amides is 11. The first kappa shape index (κ1) is 77.8. The molecule has 0 unspecified atom stereocenters. The molecule has 0 bridgehead atoms. The fourth-order valence-electron chi connectivity index (χ4n) is 10.9. The lowest BCUT2D eigenvalue weighted by molar-refractivity contribution is -0.143. The molecule has 0 spiro atoms. The summed E-state index contributed by atoms with van der Waals surface area (Å²) in [6, 6.07) is 22.0. The van der Waals surface area contributed by atoms with Gasteiger partial charge in [0, 0.05) is 62.0 Å². The number of benzene rings is 5. The Labute approximate surface area is 589 Å². The summed E-state index contributed by atoms with van der Waals surface area (Å²) in [4.78, 5) is 168. The number of halogens is 1. The maximum Gasteiger partial charge on any atom is 0.251 e. The Hall–Kier alpha value is -11.2. The smallest absolute Gasteiger partial charge is 0.251 e. The van der Waals surface area contributed by atoms with Gasteiger partial charge in [0.2, 0.25) is 59.1 Å². The number of ether oxygens (including phenoxy) is 1. The van der Waals surface area contributed by atoms with Crippen LogP contribution in [0.15, 0.2) is 127 Å².